The van der Waals surface area contributed by atoms with Crippen LogP contribution in [-0.4, -0.2) is 45.5 Å². The fraction of sp³-hybridized carbons (Fsp3) is 0.455. The van der Waals surface area contributed by atoms with E-state index in [9.17, 15) is 0 Å². The molecule has 0 N–H and O–H groups in total. The summed E-state index contributed by atoms with van der Waals surface area (Å²) in [4.78, 5) is 64.5. The van der Waals surface area contributed by atoms with E-state index in [1.165, 1.54) is 0 Å². The molecule has 74 heavy (non-hydrogen) atoms. The number of rotatable bonds is 22. The van der Waals surface area contributed by atoms with Gasteiger partial charge in [-0.15, -0.1) is 0 Å². The molecule has 7 aromatic rings. The lowest BCUT2D eigenvalue weighted by atomic mass is 9.81. The van der Waals surface area contributed by atoms with Crippen LogP contribution in [0.4, 0.5) is 0 Å². The zero-order valence-electron chi connectivity index (χ0n) is 45.9. The Balaban J connectivity index is 1.34. The van der Waals surface area contributed by atoms with Crippen LogP contribution in [0.3, 0.4) is 0 Å². The van der Waals surface area contributed by atoms with E-state index in [0.717, 1.165) is 125 Å². The van der Waals surface area contributed by atoms with Crippen LogP contribution in [-0.2, 0) is 10.8 Å². The Morgan fingerprint density at radius 1 is 0.378 bits per heavy atom. The fourth-order valence-corrected chi connectivity index (χ4v) is 11.9. The average Bonchev–Trinajstić information content (AvgIpc) is 3.38. The van der Waals surface area contributed by atoms with E-state index < -0.39 is 0 Å². The molecule has 2 aliphatic rings. The summed E-state index contributed by atoms with van der Waals surface area (Å²) < 4.78 is 14.1. The molecule has 0 aliphatic carbocycles. The van der Waals surface area contributed by atoms with Crippen LogP contribution >= 0.6 is 0 Å². The van der Waals surface area contributed by atoms with Gasteiger partial charge in [0.15, 0.2) is 0 Å². The summed E-state index contributed by atoms with van der Waals surface area (Å²) in [5, 5.41) is 5.47. The van der Waals surface area contributed by atoms with Gasteiger partial charge < -0.3 is 9.47 Å². The van der Waals surface area contributed by atoms with Crippen LogP contribution in [0, 0.1) is 0 Å². The average molecular weight is 995 g/mol. The molecule has 2 aliphatic heterocycles. The van der Waals surface area contributed by atoms with E-state index in [1.54, 1.807) is 9.80 Å². The minimum Gasteiger partial charge on any atom is -0.457 e. The summed E-state index contributed by atoms with van der Waals surface area (Å²) in [6.07, 6.45) is 15.0. The third-order valence-electron chi connectivity index (χ3n) is 16.0. The molecule has 0 bridgehead atoms. The first kappa shape index (κ1) is 52.6. The molecule has 0 spiro atoms. The standard InChI is InChI=1S/C66H78N2O6/c1-11-15-19-23-43(24-20-16-12-2)67-61(69)49-37-35-47-58-54(74-46-33-29-42(30-34-46)66(8,9)10)40-52-56-50(62(70)68(64(52)72)44(25-21-17-13-3)26-22-18-14-4)38-36-48(60(56)58)57-53(39-51(63(67)71)55(49)59(47)57)73-45-31-27-41(28-32-45)65(5,6)7/h27-40,43-44H,11-26H2,1-10H3. The van der Waals surface area contributed by atoms with E-state index in [0.29, 0.717) is 77.6 Å². The summed E-state index contributed by atoms with van der Waals surface area (Å²) in [7, 11) is 0. The van der Waals surface area contributed by atoms with Crippen molar-refractivity contribution in [2.45, 2.75) is 195 Å². The maximum atomic E-state index is 15.5. The zero-order valence-corrected chi connectivity index (χ0v) is 45.9. The third kappa shape index (κ3) is 9.79. The molecule has 7 aromatic carbocycles. The molecule has 4 amide bonds. The molecule has 0 unspecified atom stereocenters. The number of fused-ring (bicyclic) bond motifs is 2. The Morgan fingerprint density at radius 2 is 0.689 bits per heavy atom. The largest absolute Gasteiger partial charge is 0.457 e. The summed E-state index contributed by atoms with van der Waals surface area (Å²) in [6, 6.07) is 27.2. The topological polar surface area (TPSA) is 93.2 Å². The van der Waals surface area contributed by atoms with Crippen LogP contribution in [0.1, 0.15) is 225 Å². The van der Waals surface area contributed by atoms with Crippen LogP contribution in [0.2, 0.25) is 0 Å². The number of carbonyl (C=O) groups is 4. The number of benzene rings is 7. The van der Waals surface area contributed by atoms with Gasteiger partial charge >= 0.3 is 0 Å². The van der Waals surface area contributed by atoms with Crippen LogP contribution in [0.25, 0.3) is 43.1 Å². The first-order valence-corrected chi connectivity index (χ1v) is 28.1. The molecule has 0 fully saturated rings. The molecular weight excluding hydrogens is 917 g/mol. The van der Waals surface area contributed by atoms with Crippen molar-refractivity contribution in [2.75, 3.05) is 0 Å². The van der Waals surface area contributed by atoms with E-state index >= 15 is 19.2 Å². The molecule has 2 heterocycles. The number of amides is 4. The van der Waals surface area contributed by atoms with Crippen molar-refractivity contribution < 1.29 is 28.7 Å². The molecule has 8 heteroatoms. The zero-order chi connectivity index (χ0) is 52.6. The summed E-state index contributed by atoms with van der Waals surface area (Å²) in [5.74, 6) is 0.930. The van der Waals surface area contributed by atoms with Gasteiger partial charge in [0, 0.05) is 55.5 Å². The lowest BCUT2D eigenvalue weighted by molar-refractivity contribution is 0.0501. The third-order valence-corrected chi connectivity index (χ3v) is 16.0. The van der Waals surface area contributed by atoms with Crippen molar-refractivity contribution in [3.63, 3.8) is 0 Å². The first-order valence-electron chi connectivity index (χ1n) is 28.1. The second-order valence-electron chi connectivity index (χ2n) is 23.4. The highest BCUT2D eigenvalue weighted by molar-refractivity contribution is 6.43. The van der Waals surface area contributed by atoms with Gasteiger partial charge in [0.25, 0.3) is 23.6 Å². The number of imide groups is 2. The van der Waals surface area contributed by atoms with Gasteiger partial charge in [0.05, 0.1) is 11.1 Å². The second kappa shape index (κ2) is 21.5. The predicted octanol–water partition coefficient (Wildman–Crippen LogP) is 18.2. The van der Waals surface area contributed by atoms with Gasteiger partial charge in [-0.1, -0.05) is 183 Å². The van der Waals surface area contributed by atoms with E-state index in [4.69, 9.17) is 9.47 Å². The number of nitrogens with zero attached hydrogens (tertiary/aromatic N) is 2. The van der Waals surface area contributed by atoms with Crippen LogP contribution in [0.5, 0.6) is 23.0 Å². The monoisotopic (exact) mass is 995 g/mol. The highest BCUT2D eigenvalue weighted by atomic mass is 16.5. The van der Waals surface area contributed by atoms with Gasteiger partial charge in [0.1, 0.15) is 23.0 Å². The first-order chi connectivity index (χ1) is 35.5. The van der Waals surface area contributed by atoms with E-state index in [1.807, 2.05) is 60.7 Å². The van der Waals surface area contributed by atoms with Crippen LogP contribution < -0.4 is 9.47 Å². The Labute approximate surface area is 439 Å². The number of carbonyl (C=O) groups excluding carboxylic acids is 4. The highest BCUT2D eigenvalue weighted by Crippen LogP contribution is 2.53. The Bertz CT molecular complexity index is 2990. The molecule has 0 atom stereocenters. The second-order valence-corrected chi connectivity index (χ2v) is 23.4. The Kier molecular flexibility index (Phi) is 15.3. The van der Waals surface area contributed by atoms with Gasteiger partial charge in [-0.3, -0.25) is 29.0 Å². The highest BCUT2D eigenvalue weighted by Gasteiger charge is 2.42. The van der Waals surface area contributed by atoms with Crippen molar-refractivity contribution in [3.05, 3.63) is 118 Å². The molecular formula is C66H78N2O6. The minimum absolute atomic E-state index is 0.0835. The number of hydrogen-bond acceptors (Lipinski definition) is 6. The molecule has 0 radical (unpaired) electrons. The normalized spacial score (nSPS) is 14.2. The van der Waals surface area contributed by atoms with Crippen molar-refractivity contribution in [2.24, 2.45) is 0 Å². The molecule has 0 aromatic heterocycles. The number of unbranched alkanes of at least 4 members (excludes halogenated alkanes) is 8. The molecule has 0 saturated carbocycles. The molecule has 0 saturated heterocycles. The molecule has 9 rings (SSSR count). The lowest BCUT2D eigenvalue weighted by Crippen LogP contribution is -2.47. The Morgan fingerprint density at radius 3 is 0.986 bits per heavy atom. The van der Waals surface area contributed by atoms with Gasteiger partial charge in [0.2, 0.25) is 0 Å². The summed E-state index contributed by atoms with van der Waals surface area (Å²) >= 11 is 0. The van der Waals surface area contributed by atoms with Crippen molar-refractivity contribution in [1.29, 1.82) is 0 Å². The molecule has 8 nitrogen and oxygen atoms in total. The summed E-state index contributed by atoms with van der Waals surface area (Å²) in [5.41, 5.74) is 3.94. The van der Waals surface area contributed by atoms with Gasteiger partial charge in [-0.05, 0) is 107 Å². The van der Waals surface area contributed by atoms with E-state index in [-0.39, 0.29) is 46.5 Å². The smallest absolute Gasteiger partial charge is 0.261 e. The van der Waals surface area contributed by atoms with Crippen molar-refractivity contribution >= 4 is 66.7 Å². The summed E-state index contributed by atoms with van der Waals surface area (Å²) in [6.45, 7) is 21.8. The van der Waals surface area contributed by atoms with Gasteiger partial charge in [-0.25, -0.2) is 0 Å². The fourth-order valence-electron chi connectivity index (χ4n) is 11.9. The minimum atomic E-state index is -0.313. The number of ether oxygens (including phenoxy) is 2. The maximum absolute atomic E-state index is 15.5. The molecule has 388 valence electrons. The Hall–Kier alpha value is -6.28. The SMILES string of the molecule is CCCCCC(CCCCC)N1C(=O)c2ccc3c4c(Oc5ccc(C(C)(C)C)cc5)cc5c6c(ccc(c7c(Oc8ccc(C(C)(C)C)cc8)cc(c2c37)C1=O)c64)C(=O)N(C(CCCCC)CCCCC)C5=O. The van der Waals surface area contributed by atoms with Gasteiger partial charge in [-0.2, -0.15) is 0 Å². The van der Waals surface area contributed by atoms with E-state index in [2.05, 4.69) is 93.5 Å². The quantitative estimate of drug-likeness (QED) is 0.0291. The lowest BCUT2D eigenvalue weighted by Gasteiger charge is -2.36. The van der Waals surface area contributed by atoms with Crippen molar-refractivity contribution in [3.8, 4) is 23.0 Å². The van der Waals surface area contributed by atoms with Crippen LogP contribution in [0.15, 0.2) is 84.9 Å². The predicted molar refractivity (Wildman–Crippen MR) is 303 cm³/mol. The number of hydrogen-bond donors (Lipinski definition) is 0. The van der Waals surface area contributed by atoms with Crippen molar-refractivity contribution in [1.82, 2.24) is 9.80 Å². The maximum Gasteiger partial charge on any atom is 0.261 e.